The molecule has 0 aromatic rings. The predicted molar refractivity (Wildman–Crippen MR) is 133 cm³/mol. The van der Waals surface area contributed by atoms with E-state index in [2.05, 4.69) is 54.7 Å². The predicted octanol–water partition coefficient (Wildman–Crippen LogP) is 8.14. The van der Waals surface area contributed by atoms with Crippen LogP contribution in [-0.2, 0) is 4.79 Å². The Hall–Kier alpha value is -1.05. The zero-order valence-corrected chi connectivity index (χ0v) is 21.7. The van der Waals surface area contributed by atoms with Crippen LogP contribution in [0.25, 0.3) is 0 Å². The highest BCUT2D eigenvalue weighted by Gasteiger charge is 2.65. The van der Waals surface area contributed by atoms with Gasteiger partial charge in [0.15, 0.2) is 0 Å². The molecule has 1 N–H and O–H groups in total. The molecule has 0 aromatic carbocycles. The molecular formula is C30H48O2. The normalized spacial score (nSPS) is 50.1. The number of hydrogen-bond acceptors (Lipinski definition) is 1. The number of carbonyl (C=O) groups is 1. The Morgan fingerprint density at radius 2 is 1.62 bits per heavy atom. The van der Waals surface area contributed by atoms with Gasteiger partial charge in [0.05, 0.1) is 0 Å². The Morgan fingerprint density at radius 3 is 2.22 bits per heavy atom. The van der Waals surface area contributed by atoms with Crippen LogP contribution < -0.4 is 0 Å². The van der Waals surface area contributed by atoms with E-state index in [-0.39, 0.29) is 11.8 Å². The molecule has 10 atom stereocenters. The number of rotatable bonds is 5. The van der Waals surface area contributed by atoms with Crippen LogP contribution in [0, 0.1) is 57.7 Å². The first-order chi connectivity index (χ1) is 14.9. The van der Waals surface area contributed by atoms with Crippen LogP contribution in [0.3, 0.4) is 0 Å². The van der Waals surface area contributed by atoms with Crippen LogP contribution in [0.4, 0.5) is 0 Å². The summed E-state index contributed by atoms with van der Waals surface area (Å²) in [5.74, 6) is 4.28. The van der Waals surface area contributed by atoms with Crippen molar-refractivity contribution in [2.45, 2.75) is 99.3 Å². The highest BCUT2D eigenvalue weighted by atomic mass is 16.4. The van der Waals surface area contributed by atoms with Crippen LogP contribution in [0.15, 0.2) is 24.3 Å². The van der Waals surface area contributed by atoms with Crippen molar-refractivity contribution in [1.82, 2.24) is 0 Å². The Kier molecular flexibility index (Phi) is 6.04. The molecular weight excluding hydrogens is 392 g/mol. The largest absolute Gasteiger partial charge is 0.481 e. The molecule has 0 amide bonds. The molecule has 4 rings (SSSR count). The molecule has 2 heteroatoms. The number of hydrogen-bond donors (Lipinski definition) is 1. The van der Waals surface area contributed by atoms with Crippen molar-refractivity contribution < 1.29 is 9.90 Å². The number of carboxylic acid groups (broad SMARTS) is 1. The lowest BCUT2D eigenvalue weighted by Gasteiger charge is -2.66. The van der Waals surface area contributed by atoms with Gasteiger partial charge in [0.2, 0.25) is 0 Å². The molecule has 2 nitrogen and oxygen atoms in total. The van der Waals surface area contributed by atoms with Crippen molar-refractivity contribution in [2.24, 2.45) is 57.7 Å². The first-order valence-corrected chi connectivity index (χ1v) is 13.4. The lowest BCUT2D eigenvalue weighted by molar-refractivity contribution is -0.168. The van der Waals surface area contributed by atoms with Crippen LogP contribution in [0.2, 0.25) is 0 Å². The lowest BCUT2D eigenvalue weighted by Crippen LogP contribution is -2.59. The van der Waals surface area contributed by atoms with Crippen molar-refractivity contribution in [3.05, 3.63) is 24.3 Å². The van der Waals surface area contributed by atoms with Gasteiger partial charge in [-0.15, -0.1) is 0 Å². The van der Waals surface area contributed by atoms with Crippen molar-refractivity contribution >= 4 is 5.97 Å². The molecule has 0 bridgehead atoms. The summed E-state index contributed by atoms with van der Waals surface area (Å²) < 4.78 is 0. The fourth-order valence-electron chi connectivity index (χ4n) is 10.4. The maximum Gasteiger partial charge on any atom is 0.303 e. The van der Waals surface area contributed by atoms with E-state index in [4.69, 9.17) is 0 Å². The van der Waals surface area contributed by atoms with Gasteiger partial charge in [0.25, 0.3) is 0 Å². The second-order valence-electron chi connectivity index (χ2n) is 13.4. The van der Waals surface area contributed by atoms with Crippen LogP contribution in [-0.4, -0.2) is 11.1 Å². The molecule has 180 valence electrons. The minimum atomic E-state index is -0.648. The molecule has 4 aliphatic carbocycles. The van der Waals surface area contributed by atoms with Gasteiger partial charge in [-0.05, 0) is 123 Å². The van der Waals surface area contributed by atoms with Crippen LogP contribution in [0.1, 0.15) is 99.3 Å². The van der Waals surface area contributed by atoms with E-state index < -0.39 is 5.97 Å². The smallest absolute Gasteiger partial charge is 0.303 e. The summed E-state index contributed by atoms with van der Waals surface area (Å²) in [5.41, 5.74) is 3.53. The first kappa shape index (κ1) is 24.1. The molecule has 32 heavy (non-hydrogen) atoms. The quantitative estimate of drug-likeness (QED) is 0.438. The van der Waals surface area contributed by atoms with E-state index in [0.29, 0.717) is 28.6 Å². The standard InChI is InChI=1S/C30H48O2/c1-18(2)22-17-20(5)28(6)14-12-24-21(27(22)28)9-10-25-29(7,16-13-26(31)32)23(19(3)4)11-15-30(24,25)8/h20-25,27H,1,3,9-17H2,2,4-8H3,(H,31,32)/t20-,21-,22-,23+,24-,25-,27-,28-,29+,30+/m1/s1. The summed E-state index contributed by atoms with van der Waals surface area (Å²) in [6.07, 6.45) is 10.2. The molecule has 0 aromatic heterocycles. The Labute approximate surface area is 197 Å². The molecule has 0 aliphatic heterocycles. The number of carboxylic acids is 1. The SMILES string of the molecule is C=C(C)[C@H]1C[C@@H](C)[C@@]2(C)CC[C@@H]3[C@@H](CC[C@H]4[C@@]3(C)CC[C@@H](C(=C)C)[C@]4(C)CCC(=O)O)[C@H]12. The summed E-state index contributed by atoms with van der Waals surface area (Å²) in [5, 5.41) is 9.54. The molecule has 4 fully saturated rings. The molecule has 0 saturated heterocycles. The second-order valence-corrected chi connectivity index (χ2v) is 13.4. The van der Waals surface area contributed by atoms with Crippen LogP contribution in [0.5, 0.6) is 0 Å². The molecule has 0 spiro atoms. The Morgan fingerprint density at radius 1 is 0.969 bits per heavy atom. The molecule has 4 saturated carbocycles. The van der Waals surface area contributed by atoms with E-state index >= 15 is 0 Å². The van der Waals surface area contributed by atoms with Gasteiger partial charge in [-0.2, -0.15) is 0 Å². The van der Waals surface area contributed by atoms with E-state index in [1.54, 1.807) is 0 Å². The fourth-order valence-corrected chi connectivity index (χ4v) is 10.4. The van der Waals surface area contributed by atoms with Gasteiger partial charge in [-0.25, -0.2) is 0 Å². The number of fused-ring (bicyclic) bond motifs is 5. The zero-order chi connectivity index (χ0) is 23.6. The number of allylic oxidation sites excluding steroid dienone is 2. The van der Waals surface area contributed by atoms with Gasteiger partial charge in [-0.1, -0.05) is 52.0 Å². The molecule has 0 heterocycles. The maximum atomic E-state index is 11.6. The summed E-state index contributed by atoms with van der Waals surface area (Å²) in [4.78, 5) is 11.6. The lowest BCUT2D eigenvalue weighted by atomic mass is 9.38. The maximum absolute atomic E-state index is 11.6. The monoisotopic (exact) mass is 440 g/mol. The van der Waals surface area contributed by atoms with Gasteiger partial charge >= 0.3 is 5.97 Å². The van der Waals surface area contributed by atoms with Crippen LogP contribution >= 0.6 is 0 Å². The van der Waals surface area contributed by atoms with E-state index in [0.717, 1.165) is 30.1 Å². The van der Waals surface area contributed by atoms with Crippen molar-refractivity contribution in [3.8, 4) is 0 Å². The molecule has 0 radical (unpaired) electrons. The highest BCUT2D eigenvalue weighted by molar-refractivity contribution is 5.66. The van der Waals surface area contributed by atoms with Gasteiger partial charge in [0.1, 0.15) is 0 Å². The zero-order valence-electron chi connectivity index (χ0n) is 21.7. The minimum absolute atomic E-state index is 0.0552. The summed E-state index contributed by atoms with van der Waals surface area (Å²) in [7, 11) is 0. The molecule has 4 aliphatic rings. The summed E-state index contributed by atoms with van der Waals surface area (Å²) in [6, 6.07) is 0. The third kappa shape index (κ3) is 3.37. The van der Waals surface area contributed by atoms with E-state index in [9.17, 15) is 9.90 Å². The summed E-state index contributed by atoms with van der Waals surface area (Å²) in [6.45, 7) is 23.4. The number of aliphatic carboxylic acids is 1. The van der Waals surface area contributed by atoms with E-state index in [1.165, 1.54) is 56.1 Å². The Balaban J connectivity index is 1.70. The third-order valence-electron chi connectivity index (χ3n) is 12.0. The molecule has 0 unspecified atom stereocenters. The average Bonchev–Trinajstić information content (AvgIpc) is 2.97. The van der Waals surface area contributed by atoms with Crippen molar-refractivity contribution in [3.63, 3.8) is 0 Å². The van der Waals surface area contributed by atoms with Crippen molar-refractivity contribution in [2.75, 3.05) is 0 Å². The highest BCUT2D eigenvalue weighted by Crippen LogP contribution is 2.72. The Bertz CT molecular complexity index is 797. The minimum Gasteiger partial charge on any atom is -0.481 e. The topological polar surface area (TPSA) is 37.3 Å². The average molecular weight is 441 g/mol. The summed E-state index contributed by atoms with van der Waals surface area (Å²) >= 11 is 0. The third-order valence-corrected chi connectivity index (χ3v) is 12.0. The first-order valence-electron chi connectivity index (χ1n) is 13.4. The van der Waals surface area contributed by atoms with Gasteiger partial charge in [-0.3, -0.25) is 4.79 Å². The second kappa shape index (κ2) is 8.02. The van der Waals surface area contributed by atoms with E-state index in [1.807, 2.05) is 0 Å². The fraction of sp³-hybridized carbons (Fsp3) is 0.833. The van der Waals surface area contributed by atoms with Gasteiger partial charge < -0.3 is 5.11 Å². The van der Waals surface area contributed by atoms with Crippen molar-refractivity contribution in [1.29, 1.82) is 0 Å². The van der Waals surface area contributed by atoms with Gasteiger partial charge in [0, 0.05) is 6.42 Å².